The first kappa shape index (κ1) is 15.1. The molecular weight excluding hydrogens is 388 g/mol. The second-order valence-corrected chi connectivity index (χ2v) is 5.86. The summed E-state index contributed by atoms with van der Waals surface area (Å²) >= 11 is 6.86. The highest BCUT2D eigenvalue weighted by Gasteiger charge is 2.10. The van der Waals surface area contributed by atoms with Crippen molar-refractivity contribution in [3.8, 4) is 17.2 Å². The quantitative estimate of drug-likeness (QED) is 0.668. The van der Waals surface area contributed by atoms with E-state index in [9.17, 15) is 4.79 Å². The third-order valence-corrected chi connectivity index (χ3v) is 4.04. The van der Waals surface area contributed by atoms with Gasteiger partial charge in [0.25, 0.3) is 0 Å². The lowest BCUT2D eigenvalue weighted by Crippen LogP contribution is -1.91. The van der Waals surface area contributed by atoms with E-state index in [1.54, 1.807) is 19.2 Å². The van der Waals surface area contributed by atoms with E-state index in [0.29, 0.717) is 17.1 Å². The molecule has 0 heterocycles. The average Bonchev–Trinajstić information content (AvgIpc) is 2.42. The Bertz CT molecular complexity index is 654. The number of methoxy groups -OCH3 is 1. The third kappa shape index (κ3) is 3.22. The molecule has 0 amide bonds. The van der Waals surface area contributed by atoms with Gasteiger partial charge >= 0.3 is 0 Å². The number of rotatable bonds is 4. The topological polar surface area (TPSA) is 35.5 Å². The Hall–Kier alpha value is -1.33. The molecule has 20 heavy (non-hydrogen) atoms. The fraction of sp³-hybridized carbons (Fsp3) is 0.133. The summed E-state index contributed by atoms with van der Waals surface area (Å²) in [6.07, 6.45) is 0.832. The molecule has 0 N–H and O–H groups in total. The molecule has 0 aliphatic rings. The SMILES string of the molecule is COc1cc(Br)c(Oc2ccc(C=O)c(C)c2)cc1Br. The molecule has 5 heteroatoms. The molecule has 2 rings (SSSR count). The van der Waals surface area contributed by atoms with Crippen molar-refractivity contribution in [2.75, 3.05) is 7.11 Å². The summed E-state index contributed by atoms with van der Waals surface area (Å²) in [6.45, 7) is 1.87. The van der Waals surface area contributed by atoms with E-state index in [0.717, 1.165) is 26.5 Å². The van der Waals surface area contributed by atoms with Crippen molar-refractivity contribution >= 4 is 38.1 Å². The molecule has 0 aromatic heterocycles. The van der Waals surface area contributed by atoms with Gasteiger partial charge in [-0.3, -0.25) is 4.79 Å². The number of aldehydes is 1. The van der Waals surface area contributed by atoms with Gasteiger partial charge in [-0.1, -0.05) is 0 Å². The first-order valence-corrected chi connectivity index (χ1v) is 7.40. The number of carbonyl (C=O) groups excluding carboxylic acids is 1. The van der Waals surface area contributed by atoms with Gasteiger partial charge in [0.2, 0.25) is 0 Å². The number of benzene rings is 2. The van der Waals surface area contributed by atoms with E-state index in [2.05, 4.69) is 31.9 Å². The van der Waals surface area contributed by atoms with Crippen LogP contribution in [-0.2, 0) is 0 Å². The minimum Gasteiger partial charge on any atom is -0.496 e. The van der Waals surface area contributed by atoms with Crippen LogP contribution in [0, 0.1) is 6.92 Å². The molecule has 0 bridgehead atoms. The molecule has 3 nitrogen and oxygen atoms in total. The molecule has 0 aliphatic carbocycles. The highest BCUT2D eigenvalue weighted by atomic mass is 79.9. The third-order valence-electron chi connectivity index (χ3n) is 2.80. The van der Waals surface area contributed by atoms with E-state index < -0.39 is 0 Å². The van der Waals surface area contributed by atoms with Gasteiger partial charge in [-0.25, -0.2) is 0 Å². The van der Waals surface area contributed by atoms with Crippen molar-refractivity contribution in [2.45, 2.75) is 6.92 Å². The fourth-order valence-corrected chi connectivity index (χ4v) is 2.60. The Labute approximate surface area is 134 Å². The van der Waals surface area contributed by atoms with Crippen molar-refractivity contribution in [3.63, 3.8) is 0 Å². The van der Waals surface area contributed by atoms with Gasteiger partial charge in [-0.2, -0.15) is 0 Å². The van der Waals surface area contributed by atoms with Gasteiger partial charge < -0.3 is 9.47 Å². The van der Waals surface area contributed by atoms with E-state index >= 15 is 0 Å². The number of hydrogen-bond acceptors (Lipinski definition) is 3. The van der Waals surface area contributed by atoms with Crippen molar-refractivity contribution in [2.24, 2.45) is 0 Å². The van der Waals surface area contributed by atoms with Crippen LogP contribution in [0.1, 0.15) is 15.9 Å². The zero-order valence-electron chi connectivity index (χ0n) is 10.9. The molecule has 0 atom stereocenters. The predicted octanol–water partition coefficient (Wildman–Crippen LogP) is 5.13. The van der Waals surface area contributed by atoms with E-state index in [1.807, 2.05) is 25.1 Å². The molecule has 104 valence electrons. The van der Waals surface area contributed by atoms with Crippen LogP contribution in [0.2, 0.25) is 0 Å². The zero-order chi connectivity index (χ0) is 14.7. The lowest BCUT2D eigenvalue weighted by Gasteiger charge is -2.11. The van der Waals surface area contributed by atoms with Crippen molar-refractivity contribution in [1.82, 2.24) is 0 Å². The molecule has 0 saturated heterocycles. The van der Waals surface area contributed by atoms with E-state index in [-0.39, 0.29) is 0 Å². The van der Waals surface area contributed by atoms with Crippen LogP contribution in [0.4, 0.5) is 0 Å². The Morgan fingerprint density at radius 1 is 1.05 bits per heavy atom. The largest absolute Gasteiger partial charge is 0.496 e. The van der Waals surface area contributed by atoms with E-state index in [1.165, 1.54) is 0 Å². The minimum atomic E-state index is 0.660. The lowest BCUT2D eigenvalue weighted by molar-refractivity contribution is 0.112. The summed E-state index contributed by atoms with van der Waals surface area (Å²) < 4.78 is 12.6. The molecule has 0 spiro atoms. The zero-order valence-corrected chi connectivity index (χ0v) is 14.1. The van der Waals surface area contributed by atoms with Gasteiger partial charge in [-0.05, 0) is 74.7 Å². The Morgan fingerprint density at radius 3 is 2.30 bits per heavy atom. The highest BCUT2D eigenvalue weighted by Crippen LogP contribution is 2.38. The van der Waals surface area contributed by atoms with Crippen LogP contribution < -0.4 is 9.47 Å². The van der Waals surface area contributed by atoms with Crippen LogP contribution in [0.5, 0.6) is 17.2 Å². The van der Waals surface area contributed by atoms with Gasteiger partial charge in [0.1, 0.15) is 23.5 Å². The smallest absolute Gasteiger partial charge is 0.150 e. The molecule has 0 aliphatic heterocycles. The number of halogens is 2. The minimum absolute atomic E-state index is 0.660. The van der Waals surface area contributed by atoms with Crippen LogP contribution in [0.3, 0.4) is 0 Å². The van der Waals surface area contributed by atoms with Crippen molar-refractivity contribution < 1.29 is 14.3 Å². The van der Waals surface area contributed by atoms with Crippen LogP contribution in [0.25, 0.3) is 0 Å². The van der Waals surface area contributed by atoms with Gasteiger partial charge in [0.05, 0.1) is 16.1 Å². The number of hydrogen-bond donors (Lipinski definition) is 0. The number of aryl methyl sites for hydroxylation is 1. The summed E-state index contributed by atoms with van der Waals surface area (Å²) in [6, 6.07) is 8.98. The van der Waals surface area contributed by atoms with Gasteiger partial charge in [-0.15, -0.1) is 0 Å². The molecular formula is C15H12Br2O3. The maximum atomic E-state index is 10.8. The normalized spacial score (nSPS) is 10.2. The fourth-order valence-electron chi connectivity index (χ4n) is 1.72. The molecule has 0 fully saturated rings. The number of ether oxygens (including phenoxy) is 2. The number of carbonyl (C=O) groups is 1. The second kappa shape index (κ2) is 6.41. The van der Waals surface area contributed by atoms with Crippen molar-refractivity contribution in [1.29, 1.82) is 0 Å². The summed E-state index contributed by atoms with van der Waals surface area (Å²) in [7, 11) is 1.61. The summed E-state index contributed by atoms with van der Waals surface area (Å²) in [5.74, 6) is 2.05. The van der Waals surface area contributed by atoms with Gasteiger partial charge in [0.15, 0.2) is 0 Å². The van der Waals surface area contributed by atoms with Crippen LogP contribution in [0.15, 0.2) is 39.3 Å². The van der Waals surface area contributed by atoms with E-state index in [4.69, 9.17) is 9.47 Å². The Kier molecular flexibility index (Phi) is 4.83. The first-order valence-electron chi connectivity index (χ1n) is 5.82. The average molecular weight is 400 g/mol. The molecule has 0 unspecified atom stereocenters. The predicted molar refractivity (Wildman–Crippen MR) is 85.0 cm³/mol. The Balaban J connectivity index is 2.32. The van der Waals surface area contributed by atoms with Crippen LogP contribution in [-0.4, -0.2) is 13.4 Å². The highest BCUT2D eigenvalue weighted by molar-refractivity contribution is 9.11. The molecule has 2 aromatic rings. The summed E-state index contributed by atoms with van der Waals surface area (Å²) in [5, 5.41) is 0. The standard InChI is InChI=1S/C15H12Br2O3/c1-9-5-11(4-3-10(9)8-18)20-15-7-12(16)14(19-2)6-13(15)17/h3-8H,1-2H3. The first-order chi connectivity index (χ1) is 9.55. The second-order valence-electron chi connectivity index (χ2n) is 4.16. The lowest BCUT2D eigenvalue weighted by atomic mass is 10.1. The maximum Gasteiger partial charge on any atom is 0.150 e. The van der Waals surface area contributed by atoms with Crippen LogP contribution >= 0.6 is 31.9 Å². The summed E-state index contributed by atoms with van der Waals surface area (Å²) in [4.78, 5) is 10.8. The Morgan fingerprint density at radius 2 is 1.70 bits per heavy atom. The monoisotopic (exact) mass is 398 g/mol. The van der Waals surface area contributed by atoms with Crippen molar-refractivity contribution in [3.05, 3.63) is 50.4 Å². The summed E-state index contributed by atoms with van der Waals surface area (Å²) in [5.41, 5.74) is 1.54. The molecule has 0 saturated carbocycles. The van der Waals surface area contributed by atoms with Gasteiger partial charge in [0, 0.05) is 5.56 Å². The molecule has 2 aromatic carbocycles. The maximum absolute atomic E-state index is 10.8. The molecule has 0 radical (unpaired) electrons.